The van der Waals surface area contributed by atoms with E-state index in [2.05, 4.69) is 10.9 Å². The summed E-state index contributed by atoms with van der Waals surface area (Å²) >= 11 is 0. The molecule has 0 amide bonds. The molecule has 0 bridgehead atoms. The Balaban J connectivity index is 2.92. The molecule has 0 unspecified atom stereocenters. The van der Waals surface area contributed by atoms with E-state index in [9.17, 15) is 0 Å². The molecule has 3 heteroatoms. The molecule has 2 N–H and O–H groups in total. The topological polar surface area (TPSA) is 60.7 Å². The van der Waals surface area contributed by atoms with Crippen LogP contribution in [0.4, 0.5) is 0 Å². The van der Waals surface area contributed by atoms with Gasteiger partial charge in [0.1, 0.15) is 0 Å². The number of nitrogens with zero attached hydrogens (tertiary/aromatic N) is 2. The summed E-state index contributed by atoms with van der Waals surface area (Å²) < 4.78 is 0. The molecule has 0 aliphatic rings. The molecule has 0 saturated carbocycles. The zero-order valence-electron chi connectivity index (χ0n) is 2.63. The molecule has 0 atom stereocenters. The average molecular weight is 70.1 g/mol. The first-order valence-corrected chi connectivity index (χ1v) is 1.11. The normalized spacial score (nSPS) is 8.80. The molecule has 5 heavy (non-hydrogen) atoms. The van der Waals surface area contributed by atoms with E-state index in [0.717, 1.165) is 12.4 Å². The van der Waals surface area contributed by atoms with E-state index in [4.69, 9.17) is 5.41 Å². The highest BCUT2D eigenvalue weighted by atomic mass is 15.1. The van der Waals surface area contributed by atoms with Crippen molar-refractivity contribution in [3.8, 4) is 0 Å². The van der Waals surface area contributed by atoms with E-state index in [0.29, 0.717) is 0 Å². The molecule has 0 fully saturated rings. The fourth-order valence-corrected chi connectivity index (χ4v) is 0.0385. The molecule has 0 heterocycles. The second kappa shape index (κ2) is 3.14. The third-order valence-corrected chi connectivity index (χ3v) is 0.153. The van der Waals surface area contributed by atoms with Gasteiger partial charge in [-0.25, -0.2) is 0 Å². The van der Waals surface area contributed by atoms with E-state index in [1.807, 2.05) is 0 Å². The van der Waals surface area contributed by atoms with Crippen molar-refractivity contribution in [2.45, 2.75) is 0 Å². The largest absolute Gasteiger partial charge is 0.323 e. The fraction of sp³-hybridized carbons (Fsp3) is 0. The van der Waals surface area contributed by atoms with Crippen LogP contribution in [0.5, 0.6) is 0 Å². The van der Waals surface area contributed by atoms with Crippen LogP contribution in [0.3, 0.4) is 0 Å². The second-order valence-corrected chi connectivity index (χ2v) is 0.447. The Morgan fingerprint density at radius 3 is 2.40 bits per heavy atom. The number of hydrogen-bond donors (Lipinski definition) is 1. The zero-order chi connectivity index (χ0) is 4.12. The number of hydrazone groups is 1. The average Bonchev–Trinajstić information content (AvgIpc) is 1.41. The molecule has 0 aromatic carbocycles. The van der Waals surface area contributed by atoms with Gasteiger partial charge in [-0.05, 0) is 0 Å². The molecule has 27 valence electrons. The highest BCUT2D eigenvalue weighted by Gasteiger charge is 1.46. The lowest BCUT2D eigenvalue weighted by atomic mass is 10.8. The summed E-state index contributed by atoms with van der Waals surface area (Å²) in [6.45, 7) is 0. The Bertz CT molecular complexity index is 46.9. The summed E-state index contributed by atoms with van der Waals surface area (Å²) in [5, 5.41) is 10.6. The predicted molar refractivity (Wildman–Crippen MR) is 20.9 cm³/mol. The zero-order valence-corrected chi connectivity index (χ0v) is 2.63. The van der Waals surface area contributed by atoms with Gasteiger partial charge in [0.2, 0.25) is 0 Å². The van der Waals surface area contributed by atoms with Crippen molar-refractivity contribution in [1.82, 2.24) is 5.41 Å². The number of nitrogens with two attached hydrogens (primary N) is 1. The lowest BCUT2D eigenvalue weighted by Gasteiger charge is -1.57. The highest BCUT2D eigenvalue weighted by molar-refractivity contribution is 6.14. The van der Waals surface area contributed by atoms with E-state index in [-0.39, 0.29) is 0 Å². The van der Waals surface area contributed by atoms with Crippen molar-refractivity contribution in [3.63, 3.8) is 0 Å². The monoisotopic (exact) mass is 70.0 g/mol. The van der Waals surface area contributed by atoms with E-state index in [1.54, 1.807) is 0 Å². The van der Waals surface area contributed by atoms with Crippen molar-refractivity contribution in [2.24, 2.45) is 10.9 Å². The summed E-state index contributed by atoms with van der Waals surface area (Å²) in [7, 11) is 0. The maximum Gasteiger partial charge on any atom is 0.0696 e. The molecule has 0 spiro atoms. The van der Waals surface area contributed by atoms with Gasteiger partial charge in [-0.3, -0.25) is 0 Å². The maximum atomic E-state index is 7.71. The van der Waals surface area contributed by atoms with Crippen LogP contribution in [0.2, 0.25) is 0 Å². The predicted octanol–water partition coefficient (Wildman–Crippen LogP) is -1.20. The van der Waals surface area contributed by atoms with Crippen molar-refractivity contribution in [1.29, 1.82) is 0 Å². The van der Waals surface area contributed by atoms with Crippen molar-refractivity contribution in [2.75, 3.05) is 0 Å². The van der Waals surface area contributed by atoms with Crippen LogP contribution in [0.1, 0.15) is 0 Å². The van der Waals surface area contributed by atoms with Crippen LogP contribution in [-0.2, 0) is 0 Å². The smallest absolute Gasteiger partial charge is 0.0696 e. The number of rotatable bonds is 1. The Hall–Kier alpha value is -0.860. The highest BCUT2D eigenvalue weighted by Crippen LogP contribution is 1.28. The maximum absolute atomic E-state index is 7.71. The van der Waals surface area contributed by atoms with E-state index >= 15 is 0 Å². The van der Waals surface area contributed by atoms with Crippen molar-refractivity contribution < 1.29 is 0 Å². The molecule has 1 radical (unpaired) electrons. The molecule has 0 rings (SSSR count). The van der Waals surface area contributed by atoms with Gasteiger partial charge in [0.05, 0.1) is 12.4 Å². The summed E-state index contributed by atoms with van der Waals surface area (Å²) in [5.41, 5.74) is 0. The van der Waals surface area contributed by atoms with Gasteiger partial charge in [0, 0.05) is 0 Å². The quantitative estimate of drug-likeness (QED) is 0.235. The molecular formula is C2H4N3. The molecule has 0 aliphatic carbocycles. The Kier molecular flexibility index (Phi) is 2.60. The lowest BCUT2D eigenvalue weighted by molar-refractivity contribution is 1.27. The fourth-order valence-electron chi connectivity index (χ4n) is 0.0385. The minimum absolute atomic E-state index is 0.764. The minimum atomic E-state index is 0.764. The van der Waals surface area contributed by atoms with Gasteiger partial charge in [-0.2, -0.15) is 10.5 Å². The van der Waals surface area contributed by atoms with E-state index in [1.165, 1.54) is 0 Å². The first-order valence-electron chi connectivity index (χ1n) is 1.11. The molecule has 0 aromatic heterocycles. The molecular weight excluding hydrogens is 66.0 g/mol. The van der Waals surface area contributed by atoms with Gasteiger partial charge < -0.3 is 5.84 Å². The first-order chi connectivity index (χ1) is 2.41. The van der Waals surface area contributed by atoms with Gasteiger partial charge >= 0.3 is 0 Å². The van der Waals surface area contributed by atoms with Crippen LogP contribution >= 0.6 is 0 Å². The lowest BCUT2D eigenvalue weighted by Crippen LogP contribution is -1.81. The van der Waals surface area contributed by atoms with Gasteiger partial charge in [-0.15, -0.1) is 0 Å². The van der Waals surface area contributed by atoms with E-state index < -0.39 is 0 Å². The SMILES string of the molecule is [N]=C/C=N/N. The Labute approximate surface area is 30.0 Å². The number of hydrogen-bond acceptors (Lipinski definition) is 2. The second-order valence-electron chi connectivity index (χ2n) is 0.447. The third kappa shape index (κ3) is 3.14. The van der Waals surface area contributed by atoms with Crippen LogP contribution < -0.4 is 11.3 Å². The standard InChI is InChI=1S/C2H4N3/c3-1-2-5-4/h1-2H,4H2/b5-2+. The molecule has 0 aliphatic heterocycles. The summed E-state index contributed by atoms with van der Waals surface area (Å²) in [4.78, 5) is 0. The van der Waals surface area contributed by atoms with Crippen LogP contribution in [0.25, 0.3) is 0 Å². The van der Waals surface area contributed by atoms with Crippen LogP contribution in [0.15, 0.2) is 5.10 Å². The first kappa shape index (κ1) is 4.14. The third-order valence-electron chi connectivity index (χ3n) is 0.153. The molecule has 3 nitrogen and oxygen atoms in total. The molecule has 0 aromatic rings. The Morgan fingerprint density at radius 2 is 2.40 bits per heavy atom. The van der Waals surface area contributed by atoms with Gasteiger partial charge in [0.15, 0.2) is 0 Å². The Morgan fingerprint density at radius 1 is 1.80 bits per heavy atom. The minimum Gasteiger partial charge on any atom is -0.323 e. The van der Waals surface area contributed by atoms with Gasteiger partial charge in [-0.1, -0.05) is 0 Å². The summed E-state index contributed by atoms with van der Waals surface area (Å²) in [5.74, 6) is 4.52. The molecule has 0 saturated heterocycles. The van der Waals surface area contributed by atoms with Crippen LogP contribution in [-0.4, -0.2) is 12.4 Å². The van der Waals surface area contributed by atoms with Crippen molar-refractivity contribution in [3.05, 3.63) is 0 Å². The summed E-state index contributed by atoms with van der Waals surface area (Å²) in [6.07, 6.45) is 1.85. The van der Waals surface area contributed by atoms with Gasteiger partial charge in [0.25, 0.3) is 0 Å². The summed E-state index contributed by atoms with van der Waals surface area (Å²) in [6, 6.07) is 0. The van der Waals surface area contributed by atoms with Crippen molar-refractivity contribution >= 4 is 12.4 Å². The van der Waals surface area contributed by atoms with Crippen LogP contribution in [0, 0.1) is 0 Å².